The lowest BCUT2D eigenvalue weighted by Gasteiger charge is -2.45. The Morgan fingerprint density at radius 2 is 0.857 bits per heavy atom. The smallest absolute Gasteiger partial charge is 0.0755 e. The highest BCUT2D eigenvalue weighted by atomic mass is 15.2. The number of benzene rings is 10. The minimum atomic E-state index is -0.669. The lowest BCUT2D eigenvalue weighted by Crippen LogP contribution is -2.36. The third kappa shape index (κ3) is 5.46. The Bertz CT molecular complexity index is 4120. The topological polar surface area (TPSA) is 13.1 Å². The van der Waals surface area contributed by atoms with Gasteiger partial charge in [0, 0.05) is 38.6 Å². The molecule has 3 heterocycles. The van der Waals surface area contributed by atoms with Crippen molar-refractivity contribution in [1.29, 1.82) is 0 Å². The van der Waals surface area contributed by atoms with Crippen molar-refractivity contribution in [2.75, 3.05) is 4.90 Å². The Morgan fingerprint density at radius 3 is 1.46 bits per heavy atom. The van der Waals surface area contributed by atoms with Gasteiger partial charge in [-0.3, -0.25) is 0 Å². The average molecular weight is 892 g/mol. The van der Waals surface area contributed by atoms with E-state index in [1.54, 1.807) is 0 Å². The first-order chi connectivity index (χ1) is 34.7. The van der Waals surface area contributed by atoms with Gasteiger partial charge in [-0.15, -0.1) is 0 Å². The van der Waals surface area contributed by atoms with Gasteiger partial charge in [0.2, 0.25) is 0 Å². The monoisotopic (exact) mass is 891 g/mol. The third-order valence-corrected chi connectivity index (χ3v) is 15.6. The van der Waals surface area contributed by atoms with E-state index in [0.29, 0.717) is 0 Å². The summed E-state index contributed by atoms with van der Waals surface area (Å²) in [4.78, 5) is 2.48. The molecule has 0 unspecified atom stereocenters. The van der Waals surface area contributed by atoms with E-state index in [1.165, 1.54) is 111 Å². The first-order valence-corrected chi connectivity index (χ1v) is 24.6. The summed E-state index contributed by atoms with van der Waals surface area (Å²) in [6, 6.07) is 86.5. The predicted octanol–water partition coefficient (Wildman–Crippen LogP) is 17.4. The molecule has 0 fully saturated rings. The first kappa shape index (κ1) is 39.1. The van der Waals surface area contributed by atoms with Gasteiger partial charge in [0.15, 0.2) is 0 Å². The number of hydrogen-bond acceptors (Lipinski definition) is 1. The molecule has 0 amide bonds. The molecule has 0 saturated heterocycles. The first-order valence-electron chi connectivity index (χ1n) is 24.6. The van der Waals surface area contributed by atoms with Crippen LogP contribution in [0, 0.1) is 0 Å². The second-order valence-corrected chi connectivity index (χ2v) is 19.1. The summed E-state index contributed by atoms with van der Waals surface area (Å²) < 4.78 is 4.99. The minimum Gasteiger partial charge on any atom is -0.310 e. The van der Waals surface area contributed by atoms with Crippen LogP contribution in [0.2, 0.25) is 0 Å². The summed E-state index contributed by atoms with van der Waals surface area (Å²) in [5.74, 6) is 0. The van der Waals surface area contributed by atoms with E-state index in [1.807, 2.05) is 0 Å². The number of fused-ring (bicyclic) bond motifs is 15. The number of rotatable bonds is 5. The molecule has 1 aliphatic heterocycles. The van der Waals surface area contributed by atoms with Gasteiger partial charge in [0.25, 0.3) is 0 Å². The van der Waals surface area contributed by atoms with Crippen LogP contribution in [0.1, 0.15) is 40.7 Å². The van der Waals surface area contributed by atoms with Gasteiger partial charge in [-0.25, -0.2) is 0 Å². The van der Waals surface area contributed by atoms with Crippen LogP contribution in [0.3, 0.4) is 0 Å². The van der Waals surface area contributed by atoms with Gasteiger partial charge >= 0.3 is 0 Å². The fourth-order valence-corrected chi connectivity index (χ4v) is 12.6. The van der Waals surface area contributed by atoms with E-state index < -0.39 is 5.41 Å². The van der Waals surface area contributed by atoms with Crippen LogP contribution in [-0.2, 0) is 5.41 Å². The van der Waals surface area contributed by atoms with Gasteiger partial charge in [0.1, 0.15) is 0 Å². The summed E-state index contributed by atoms with van der Waals surface area (Å²) in [5.41, 5.74) is 22.8. The van der Waals surface area contributed by atoms with Gasteiger partial charge in [0.05, 0.1) is 38.9 Å². The normalized spacial score (nSPS) is 14.3. The summed E-state index contributed by atoms with van der Waals surface area (Å²) >= 11 is 0. The second kappa shape index (κ2) is 15.0. The van der Waals surface area contributed by atoms with Crippen molar-refractivity contribution in [2.24, 2.45) is 0 Å². The highest BCUT2D eigenvalue weighted by molar-refractivity contribution is 6.15. The number of allylic oxidation sites excluding steroid dienone is 4. The molecule has 2 aromatic heterocycles. The van der Waals surface area contributed by atoms with Crippen LogP contribution in [0.5, 0.6) is 0 Å². The van der Waals surface area contributed by atoms with Crippen molar-refractivity contribution >= 4 is 66.2 Å². The molecule has 3 nitrogen and oxygen atoms in total. The molecular weight excluding hydrogens is 847 g/mol. The molecule has 12 aromatic rings. The molecule has 70 heavy (non-hydrogen) atoms. The molecule has 3 heteroatoms. The van der Waals surface area contributed by atoms with Gasteiger partial charge in [-0.1, -0.05) is 164 Å². The summed E-state index contributed by atoms with van der Waals surface area (Å²) in [6.07, 6.45) is 8.88. The Hall–Kier alpha value is -8.92. The molecule has 3 aliphatic rings. The molecule has 10 aromatic carbocycles. The number of anilines is 3. The lowest BCUT2D eigenvalue weighted by atomic mass is 9.64. The summed E-state index contributed by atoms with van der Waals surface area (Å²) in [6.45, 7) is 0. The van der Waals surface area contributed by atoms with Crippen molar-refractivity contribution < 1.29 is 0 Å². The van der Waals surface area contributed by atoms with Gasteiger partial charge < -0.3 is 14.0 Å². The summed E-state index contributed by atoms with van der Waals surface area (Å²) in [7, 11) is 0. The van der Waals surface area contributed by atoms with E-state index >= 15 is 0 Å². The zero-order valence-corrected chi connectivity index (χ0v) is 38.4. The number of nitrogens with zero attached hydrogens (tertiary/aromatic N) is 3. The molecule has 2 aliphatic carbocycles. The second-order valence-electron chi connectivity index (χ2n) is 19.1. The van der Waals surface area contributed by atoms with Gasteiger partial charge in [-0.2, -0.15) is 0 Å². The van der Waals surface area contributed by atoms with E-state index in [9.17, 15) is 0 Å². The maximum absolute atomic E-state index is 2.57. The standard InChI is InChI=1S/C67H45N3/c1-4-19-44(20-5-1)45-35-37-46(38-36-45)47-21-18-26-50(39-47)70-62-32-15-11-28-52(62)56-41-54-53-40-55-51-27-10-14-31-61(51)68(48-22-6-2-7-23-48)65(55)42-59(53)67(60(54)43-66(56)70)57-29-12-16-33-63(57)69(49-24-8-3-9-25-49)64-34-17-13-30-58(64)67/h1-4,6-19,21-43H,5,20H2. The van der Waals surface area contributed by atoms with Gasteiger partial charge in [-0.05, 0) is 153 Å². The SMILES string of the molecule is C1=CCCC(c2ccc(-c3cccc(-n4c5ccccc5c5cc6c(cc54)C4(c5cc7c(cc5-6)c5ccccc5n7-c5ccccc5)c5ccccc5N(c5ccccc5)c5ccccc54)c3)cc2)=C1. The number of hydrogen-bond donors (Lipinski definition) is 0. The summed E-state index contributed by atoms with van der Waals surface area (Å²) in [5, 5.41) is 5.00. The average Bonchev–Trinajstić information content (AvgIpc) is 4.04. The van der Waals surface area contributed by atoms with E-state index in [-0.39, 0.29) is 0 Å². The number of aromatic nitrogens is 2. The fraction of sp³-hybridized carbons (Fsp3) is 0.0448. The molecule has 328 valence electrons. The Kier molecular flexibility index (Phi) is 8.40. The molecule has 0 N–H and O–H groups in total. The van der Waals surface area contributed by atoms with Crippen molar-refractivity contribution in [3.05, 3.63) is 277 Å². The fourth-order valence-electron chi connectivity index (χ4n) is 12.6. The molecule has 0 bridgehead atoms. The maximum atomic E-state index is 2.57. The predicted molar refractivity (Wildman–Crippen MR) is 292 cm³/mol. The highest BCUT2D eigenvalue weighted by Crippen LogP contribution is 2.65. The van der Waals surface area contributed by atoms with Crippen molar-refractivity contribution in [3.8, 4) is 33.6 Å². The third-order valence-electron chi connectivity index (χ3n) is 15.6. The molecule has 1 spiro atoms. The van der Waals surface area contributed by atoms with Crippen LogP contribution >= 0.6 is 0 Å². The highest BCUT2D eigenvalue weighted by Gasteiger charge is 2.52. The van der Waals surface area contributed by atoms with Crippen LogP contribution in [0.15, 0.2) is 249 Å². The molecule has 0 atom stereocenters. The zero-order chi connectivity index (χ0) is 45.9. The van der Waals surface area contributed by atoms with Crippen molar-refractivity contribution in [2.45, 2.75) is 18.3 Å². The quantitative estimate of drug-likeness (QED) is 0.168. The minimum absolute atomic E-state index is 0.669. The Morgan fingerprint density at radius 1 is 0.343 bits per heavy atom. The van der Waals surface area contributed by atoms with Crippen LogP contribution < -0.4 is 4.90 Å². The van der Waals surface area contributed by atoms with E-state index in [4.69, 9.17) is 0 Å². The van der Waals surface area contributed by atoms with Crippen molar-refractivity contribution in [3.63, 3.8) is 0 Å². The Labute approximate surface area is 406 Å². The molecule has 0 saturated carbocycles. The number of para-hydroxylation sites is 6. The van der Waals surface area contributed by atoms with Crippen LogP contribution in [0.25, 0.3) is 82.8 Å². The maximum Gasteiger partial charge on any atom is 0.0755 e. The molecule has 15 rings (SSSR count). The van der Waals surface area contributed by atoms with Crippen LogP contribution in [-0.4, -0.2) is 9.13 Å². The Balaban J connectivity index is 1.04. The van der Waals surface area contributed by atoms with Crippen molar-refractivity contribution in [1.82, 2.24) is 9.13 Å². The van der Waals surface area contributed by atoms with Crippen LogP contribution in [0.4, 0.5) is 17.1 Å². The largest absolute Gasteiger partial charge is 0.310 e. The molecular formula is C67H45N3. The lowest BCUT2D eigenvalue weighted by molar-refractivity contribution is 0.754. The molecule has 0 radical (unpaired) electrons. The van der Waals surface area contributed by atoms with E-state index in [0.717, 1.165) is 29.9 Å². The van der Waals surface area contributed by atoms with E-state index in [2.05, 4.69) is 263 Å². The zero-order valence-electron chi connectivity index (χ0n) is 38.4.